The fraction of sp³-hybridized carbons (Fsp3) is 0.0508. The minimum absolute atomic E-state index is 0.103. The van der Waals surface area contributed by atoms with E-state index in [0.29, 0.717) is 0 Å². The summed E-state index contributed by atoms with van der Waals surface area (Å²) in [6.07, 6.45) is 0. The maximum Gasteiger partial charge on any atom is 0.143 e. The summed E-state index contributed by atoms with van der Waals surface area (Å²) >= 11 is 0. The van der Waals surface area contributed by atoms with Crippen LogP contribution in [-0.4, -0.2) is 0 Å². The van der Waals surface area contributed by atoms with Gasteiger partial charge in [-0.2, -0.15) is 0 Å². The molecule has 0 spiro atoms. The summed E-state index contributed by atoms with van der Waals surface area (Å²) in [6.45, 7) is 4.70. The first-order chi connectivity index (χ1) is 30.0. The molecule has 0 N–H and O–H groups in total. The molecule has 0 saturated heterocycles. The van der Waals surface area contributed by atoms with E-state index >= 15 is 0 Å². The zero-order chi connectivity index (χ0) is 40.7. The molecule has 0 saturated carbocycles. The molecule has 2 nitrogen and oxygen atoms in total. The number of furan rings is 1. The predicted octanol–water partition coefficient (Wildman–Crippen LogP) is 16.7. The highest BCUT2D eigenvalue weighted by Gasteiger charge is 2.35. The number of hydrogen-bond acceptors (Lipinski definition) is 2. The molecule has 2 heteroatoms. The van der Waals surface area contributed by atoms with E-state index in [-0.39, 0.29) is 5.41 Å². The van der Waals surface area contributed by atoms with Crippen LogP contribution < -0.4 is 4.90 Å². The first-order valence-corrected chi connectivity index (χ1v) is 21.2. The summed E-state index contributed by atoms with van der Waals surface area (Å²) in [5.74, 6) is 0. The molecule has 1 aromatic heterocycles. The molecule has 1 heterocycles. The van der Waals surface area contributed by atoms with Gasteiger partial charge in [-0.1, -0.05) is 166 Å². The zero-order valence-corrected chi connectivity index (χ0v) is 34.1. The number of nitrogens with zero attached hydrogens (tertiary/aromatic N) is 1. The van der Waals surface area contributed by atoms with Gasteiger partial charge in [0.05, 0.1) is 0 Å². The third-order valence-corrected chi connectivity index (χ3v) is 13.1. The van der Waals surface area contributed by atoms with Gasteiger partial charge in [-0.15, -0.1) is 0 Å². The molecule has 0 bridgehead atoms. The monoisotopic (exact) mass is 779 g/mol. The van der Waals surface area contributed by atoms with Crippen LogP contribution in [0.25, 0.3) is 88.0 Å². The van der Waals surface area contributed by atoms with E-state index in [0.717, 1.165) is 55.5 Å². The van der Waals surface area contributed by atoms with Crippen LogP contribution in [0.3, 0.4) is 0 Å². The molecule has 0 amide bonds. The fourth-order valence-electron chi connectivity index (χ4n) is 9.89. The summed E-state index contributed by atoms with van der Waals surface area (Å²) in [6, 6.07) is 77.3. The summed E-state index contributed by atoms with van der Waals surface area (Å²) in [5.41, 5.74) is 17.5. The van der Waals surface area contributed by atoms with Crippen LogP contribution in [0.4, 0.5) is 17.1 Å². The van der Waals surface area contributed by atoms with Crippen molar-refractivity contribution < 1.29 is 4.42 Å². The van der Waals surface area contributed by atoms with Crippen LogP contribution in [0.15, 0.2) is 217 Å². The van der Waals surface area contributed by atoms with E-state index in [1.165, 1.54) is 60.7 Å². The Bertz CT molecular complexity index is 3480. The van der Waals surface area contributed by atoms with Crippen LogP contribution in [0.5, 0.6) is 0 Å². The van der Waals surface area contributed by atoms with Crippen molar-refractivity contribution in [2.45, 2.75) is 19.3 Å². The molecule has 0 fully saturated rings. The average Bonchev–Trinajstić information content (AvgIpc) is 3.80. The Morgan fingerprint density at radius 3 is 1.72 bits per heavy atom. The van der Waals surface area contributed by atoms with Crippen LogP contribution in [0.1, 0.15) is 25.0 Å². The number of anilines is 3. The van der Waals surface area contributed by atoms with E-state index in [2.05, 4.69) is 231 Å². The van der Waals surface area contributed by atoms with Crippen molar-refractivity contribution in [1.82, 2.24) is 0 Å². The molecule has 288 valence electrons. The summed E-state index contributed by atoms with van der Waals surface area (Å²) < 4.78 is 6.78. The van der Waals surface area contributed by atoms with Crippen molar-refractivity contribution in [2.24, 2.45) is 0 Å². The minimum Gasteiger partial charge on any atom is -0.455 e. The standard InChI is InChI=1S/C59H41NO/c1-59(2)55-19-11-10-17-49(55)50-33-31-47(36-56(50)59)60(45-27-22-40(23-28-45)38-12-4-3-5-13-38)46-29-24-41(25-30-46)43-26-32-51-54-37-53(44-21-20-39-14-6-7-15-42(39)34-44)48-16-8-9-18-52(48)58(54)61-57(51)35-43/h3-37H,1-2H3. The van der Waals surface area contributed by atoms with Gasteiger partial charge in [0.25, 0.3) is 0 Å². The van der Waals surface area contributed by atoms with E-state index in [9.17, 15) is 0 Å². The van der Waals surface area contributed by atoms with Gasteiger partial charge in [0.2, 0.25) is 0 Å². The zero-order valence-electron chi connectivity index (χ0n) is 34.1. The van der Waals surface area contributed by atoms with Gasteiger partial charge >= 0.3 is 0 Å². The molecule has 0 aliphatic heterocycles. The van der Waals surface area contributed by atoms with E-state index < -0.39 is 0 Å². The van der Waals surface area contributed by atoms with Gasteiger partial charge in [0.15, 0.2) is 0 Å². The average molecular weight is 780 g/mol. The Kier molecular flexibility index (Phi) is 7.92. The molecule has 0 unspecified atom stereocenters. The first kappa shape index (κ1) is 35.3. The molecule has 11 aromatic rings. The van der Waals surface area contributed by atoms with Crippen molar-refractivity contribution in [2.75, 3.05) is 4.90 Å². The van der Waals surface area contributed by atoms with Crippen molar-refractivity contribution >= 4 is 60.5 Å². The highest BCUT2D eigenvalue weighted by atomic mass is 16.3. The highest BCUT2D eigenvalue weighted by molar-refractivity contribution is 6.19. The maximum atomic E-state index is 6.78. The van der Waals surface area contributed by atoms with E-state index in [4.69, 9.17) is 4.42 Å². The molecule has 12 rings (SSSR count). The molecule has 0 atom stereocenters. The van der Waals surface area contributed by atoms with Gasteiger partial charge in [-0.3, -0.25) is 0 Å². The number of rotatable bonds is 6. The molecular weight excluding hydrogens is 739 g/mol. The van der Waals surface area contributed by atoms with Crippen LogP contribution in [-0.2, 0) is 5.41 Å². The number of hydrogen-bond donors (Lipinski definition) is 0. The van der Waals surface area contributed by atoms with Gasteiger partial charge in [0.1, 0.15) is 11.2 Å². The second kappa shape index (κ2) is 13.7. The second-order valence-electron chi connectivity index (χ2n) is 16.9. The lowest BCUT2D eigenvalue weighted by Gasteiger charge is -2.28. The normalized spacial score (nSPS) is 12.9. The lowest BCUT2D eigenvalue weighted by Crippen LogP contribution is -2.16. The third-order valence-electron chi connectivity index (χ3n) is 13.1. The van der Waals surface area contributed by atoms with Crippen molar-refractivity contribution in [3.05, 3.63) is 223 Å². The van der Waals surface area contributed by atoms with Gasteiger partial charge in [-0.25, -0.2) is 0 Å². The lowest BCUT2D eigenvalue weighted by atomic mass is 9.82. The quantitative estimate of drug-likeness (QED) is 0.167. The first-order valence-electron chi connectivity index (χ1n) is 21.2. The summed E-state index contributed by atoms with van der Waals surface area (Å²) in [5, 5.41) is 7.05. The Labute approximate surface area is 355 Å². The molecular formula is C59H41NO. The van der Waals surface area contributed by atoms with Crippen LogP contribution in [0, 0.1) is 0 Å². The molecule has 0 radical (unpaired) electrons. The van der Waals surface area contributed by atoms with Crippen molar-refractivity contribution in [3.8, 4) is 44.5 Å². The molecule has 1 aliphatic carbocycles. The van der Waals surface area contributed by atoms with Gasteiger partial charge in [-0.05, 0) is 132 Å². The third kappa shape index (κ3) is 5.71. The Morgan fingerprint density at radius 2 is 0.934 bits per heavy atom. The smallest absolute Gasteiger partial charge is 0.143 e. The topological polar surface area (TPSA) is 16.4 Å². The maximum absolute atomic E-state index is 6.78. The Balaban J connectivity index is 0.939. The number of benzene rings is 10. The fourth-order valence-corrected chi connectivity index (χ4v) is 9.89. The van der Waals surface area contributed by atoms with Crippen LogP contribution >= 0.6 is 0 Å². The highest BCUT2D eigenvalue weighted by Crippen LogP contribution is 2.51. The summed E-state index contributed by atoms with van der Waals surface area (Å²) in [4.78, 5) is 2.39. The van der Waals surface area contributed by atoms with Crippen molar-refractivity contribution in [3.63, 3.8) is 0 Å². The van der Waals surface area contributed by atoms with E-state index in [1.54, 1.807) is 0 Å². The summed E-state index contributed by atoms with van der Waals surface area (Å²) in [7, 11) is 0. The van der Waals surface area contributed by atoms with Gasteiger partial charge < -0.3 is 9.32 Å². The molecule has 1 aliphatic rings. The minimum atomic E-state index is -0.103. The second-order valence-corrected chi connectivity index (χ2v) is 16.9. The SMILES string of the molecule is CC1(C)c2ccccc2-c2ccc(N(c3ccc(-c4ccccc4)cc3)c3ccc(-c4ccc5c(c4)oc4c6ccccc6c(-c6ccc7ccccc7c6)cc54)cc3)cc21. The number of fused-ring (bicyclic) bond motifs is 9. The van der Waals surface area contributed by atoms with E-state index in [1.807, 2.05) is 0 Å². The molecule has 10 aromatic carbocycles. The molecule has 61 heavy (non-hydrogen) atoms. The van der Waals surface area contributed by atoms with Gasteiger partial charge in [0, 0.05) is 38.6 Å². The van der Waals surface area contributed by atoms with Crippen LogP contribution in [0.2, 0.25) is 0 Å². The predicted molar refractivity (Wildman–Crippen MR) is 257 cm³/mol. The van der Waals surface area contributed by atoms with Crippen molar-refractivity contribution in [1.29, 1.82) is 0 Å². The lowest BCUT2D eigenvalue weighted by molar-refractivity contribution is 0.660. The Hall–Kier alpha value is -7.68. The Morgan fingerprint density at radius 1 is 0.344 bits per heavy atom. The largest absolute Gasteiger partial charge is 0.455 e.